The topological polar surface area (TPSA) is 67.9 Å². The third kappa shape index (κ3) is 5.55. The van der Waals surface area contributed by atoms with Crippen LogP contribution < -0.4 is 14.8 Å². The number of hydrogen-bond acceptors (Lipinski definition) is 4. The van der Waals surface area contributed by atoms with Crippen LogP contribution in [0.2, 0.25) is 0 Å². The fraction of sp³-hybridized carbons (Fsp3) is 0.257. The van der Waals surface area contributed by atoms with Gasteiger partial charge >= 0.3 is 0 Å². The van der Waals surface area contributed by atoms with Crippen molar-refractivity contribution >= 4 is 17.5 Å². The maximum atomic E-state index is 14.2. The predicted octanol–water partition coefficient (Wildman–Crippen LogP) is 7.74. The van der Waals surface area contributed by atoms with Crippen LogP contribution in [0, 0.1) is 0 Å². The van der Waals surface area contributed by atoms with E-state index in [0.29, 0.717) is 17.0 Å². The highest BCUT2D eigenvalue weighted by molar-refractivity contribution is 6.04. The molecule has 1 aliphatic carbocycles. The Balaban J connectivity index is 1.35. The zero-order valence-corrected chi connectivity index (χ0v) is 23.2. The van der Waals surface area contributed by atoms with E-state index in [1.54, 1.807) is 7.11 Å². The molecule has 41 heavy (non-hydrogen) atoms. The Hall–Kier alpha value is -4.58. The van der Waals surface area contributed by atoms with Gasteiger partial charge in [0.15, 0.2) is 0 Å². The van der Waals surface area contributed by atoms with Gasteiger partial charge in [-0.15, -0.1) is 0 Å². The molecular formula is C35H34N2O4. The van der Waals surface area contributed by atoms with E-state index >= 15 is 0 Å². The predicted molar refractivity (Wildman–Crippen MR) is 160 cm³/mol. The van der Waals surface area contributed by atoms with Gasteiger partial charge < -0.3 is 19.7 Å². The van der Waals surface area contributed by atoms with Crippen molar-refractivity contribution in [2.24, 2.45) is 0 Å². The van der Waals surface area contributed by atoms with Gasteiger partial charge in [0.05, 0.1) is 19.1 Å². The van der Waals surface area contributed by atoms with Crippen LogP contribution in [0.1, 0.15) is 65.5 Å². The average molecular weight is 547 g/mol. The van der Waals surface area contributed by atoms with Crippen LogP contribution >= 0.6 is 0 Å². The summed E-state index contributed by atoms with van der Waals surface area (Å²) in [6.45, 7) is 0. The second-order valence-corrected chi connectivity index (χ2v) is 10.7. The quantitative estimate of drug-likeness (QED) is 0.257. The summed E-state index contributed by atoms with van der Waals surface area (Å²) in [7, 11) is 1.64. The van der Waals surface area contributed by atoms with Crippen LogP contribution in [-0.2, 0) is 4.79 Å². The molecule has 6 nitrogen and oxygen atoms in total. The molecule has 2 atom stereocenters. The summed E-state index contributed by atoms with van der Waals surface area (Å²) in [5.41, 5.74) is 2.95. The first-order chi connectivity index (χ1) is 20.1. The first-order valence-electron chi connectivity index (χ1n) is 14.3. The van der Waals surface area contributed by atoms with Crippen molar-refractivity contribution in [3.8, 4) is 17.2 Å². The number of nitrogens with one attached hydrogen (secondary N) is 1. The van der Waals surface area contributed by atoms with Gasteiger partial charge in [0.25, 0.3) is 5.91 Å². The maximum absolute atomic E-state index is 14.2. The molecule has 1 aliphatic heterocycles. The number of ether oxygens (including phenoxy) is 2. The molecule has 0 saturated heterocycles. The summed E-state index contributed by atoms with van der Waals surface area (Å²) in [4.78, 5) is 30.3. The molecule has 1 N–H and O–H groups in total. The van der Waals surface area contributed by atoms with Gasteiger partial charge in [-0.2, -0.15) is 0 Å². The van der Waals surface area contributed by atoms with Crippen LogP contribution in [0.4, 0.5) is 5.69 Å². The van der Waals surface area contributed by atoms with Crippen LogP contribution in [-0.4, -0.2) is 29.9 Å². The Kier molecular flexibility index (Phi) is 7.72. The molecule has 1 heterocycles. The van der Waals surface area contributed by atoms with Gasteiger partial charge in [0, 0.05) is 17.3 Å². The van der Waals surface area contributed by atoms with Crippen molar-refractivity contribution in [3.63, 3.8) is 0 Å². The van der Waals surface area contributed by atoms with Crippen molar-refractivity contribution in [1.82, 2.24) is 4.90 Å². The Morgan fingerprint density at radius 2 is 1.39 bits per heavy atom. The second-order valence-electron chi connectivity index (χ2n) is 10.7. The molecule has 4 aromatic rings. The second kappa shape index (κ2) is 11.9. The van der Waals surface area contributed by atoms with Crippen LogP contribution in [0.25, 0.3) is 0 Å². The van der Waals surface area contributed by atoms with E-state index < -0.39 is 12.0 Å². The largest absolute Gasteiger partial charge is 0.497 e. The number of nitrogens with zero attached hydrogens (tertiary/aromatic N) is 1. The number of amides is 2. The lowest BCUT2D eigenvalue weighted by Gasteiger charge is -2.46. The van der Waals surface area contributed by atoms with Crippen molar-refractivity contribution in [2.75, 3.05) is 12.4 Å². The van der Waals surface area contributed by atoms with E-state index in [-0.39, 0.29) is 17.9 Å². The van der Waals surface area contributed by atoms with E-state index in [1.165, 1.54) is 6.42 Å². The lowest BCUT2D eigenvalue weighted by molar-refractivity contribution is -0.119. The highest BCUT2D eigenvalue weighted by Crippen LogP contribution is 2.46. The molecule has 0 aromatic heterocycles. The number of methoxy groups -OCH3 is 1. The van der Waals surface area contributed by atoms with Gasteiger partial charge in [-0.05, 0) is 78.6 Å². The van der Waals surface area contributed by atoms with Crippen molar-refractivity contribution in [3.05, 3.63) is 120 Å². The minimum Gasteiger partial charge on any atom is -0.497 e. The third-order valence-corrected chi connectivity index (χ3v) is 8.18. The molecule has 0 spiro atoms. The normalized spacial score (nSPS) is 18.9. The van der Waals surface area contributed by atoms with E-state index in [2.05, 4.69) is 5.32 Å². The summed E-state index contributed by atoms with van der Waals surface area (Å²) < 4.78 is 11.3. The molecule has 0 unspecified atom stereocenters. The highest BCUT2D eigenvalue weighted by atomic mass is 16.5. The minimum absolute atomic E-state index is 0.000202. The molecule has 0 bridgehead atoms. The molecule has 1 saturated carbocycles. The van der Waals surface area contributed by atoms with Gasteiger partial charge in [-0.3, -0.25) is 9.59 Å². The van der Waals surface area contributed by atoms with Crippen LogP contribution in [0.15, 0.2) is 103 Å². The molecule has 0 radical (unpaired) electrons. The summed E-state index contributed by atoms with van der Waals surface area (Å²) in [5.74, 6) is 1.43. The maximum Gasteiger partial charge on any atom is 0.254 e. The van der Waals surface area contributed by atoms with E-state index in [9.17, 15) is 9.59 Å². The summed E-state index contributed by atoms with van der Waals surface area (Å²) >= 11 is 0. The summed E-state index contributed by atoms with van der Waals surface area (Å²) in [5, 5.41) is 3.15. The Labute approximate surface area is 240 Å². The van der Waals surface area contributed by atoms with Crippen LogP contribution in [0.3, 0.4) is 0 Å². The molecule has 2 amide bonds. The lowest BCUT2D eigenvalue weighted by Crippen LogP contribution is -2.51. The Morgan fingerprint density at radius 3 is 2.10 bits per heavy atom. The number of para-hydroxylation sites is 1. The van der Waals surface area contributed by atoms with Crippen molar-refractivity contribution in [1.29, 1.82) is 0 Å². The van der Waals surface area contributed by atoms with Gasteiger partial charge in [0.1, 0.15) is 17.2 Å². The number of anilines is 1. The number of rotatable bonds is 7. The first kappa shape index (κ1) is 26.6. The Bertz CT molecular complexity index is 1500. The smallest absolute Gasteiger partial charge is 0.254 e. The van der Waals surface area contributed by atoms with Gasteiger partial charge in [0.2, 0.25) is 5.91 Å². The molecule has 1 fully saturated rings. The highest BCUT2D eigenvalue weighted by Gasteiger charge is 2.46. The Morgan fingerprint density at radius 1 is 0.756 bits per heavy atom. The monoisotopic (exact) mass is 546 g/mol. The minimum atomic E-state index is -0.584. The molecule has 4 aromatic carbocycles. The van der Waals surface area contributed by atoms with Crippen molar-refractivity contribution in [2.45, 2.75) is 50.1 Å². The van der Waals surface area contributed by atoms with E-state index in [1.807, 2.05) is 108 Å². The number of benzene rings is 4. The number of fused-ring (bicyclic) bond motifs is 1. The summed E-state index contributed by atoms with van der Waals surface area (Å²) in [6.07, 6.45) is 5.23. The first-order valence-corrected chi connectivity index (χ1v) is 14.3. The molecule has 208 valence electrons. The number of carbonyl (C=O) groups is 2. The van der Waals surface area contributed by atoms with Crippen LogP contribution in [0.5, 0.6) is 17.2 Å². The van der Waals surface area contributed by atoms with E-state index in [4.69, 9.17) is 9.47 Å². The number of carbonyl (C=O) groups excluding carboxylic acids is 2. The van der Waals surface area contributed by atoms with Gasteiger partial charge in [-0.1, -0.05) is 67.8 Å². The molecule has 6 rings (SSSR count). The zero-order valence-electron chi connectivity index (χ0n) is 23.2. The lowest BCUT2D eigenvalue weighted by atomic mass is 9.77. The third-order valence-electron chi connectivity index (χ3n) is 8.18. The summed E-state index contributed by atoms with van der Waals surface area (Å²) in [6, 6.07) is 31.9. The fourth-order valence-electron chi connectivity index (χ4n) is 6.20. The molecule has 6 heteroatoms. The molecular weight excluding hydrogens is 512 g/mol. The zero-order chi connectivity index (χ0) is 28.2. The van der Waals surface area contributed by atoms with Crippen molar-refractivity contribution < 1.29 is 19.1 Å². The number of hydrogen-bond donors (Lipinski definition) is 1. The fourth-order valence-corrected chi connectivity index (χ4v) is 6.20. The van der Waals surface area contributed by atoms with Gasteiger partial charge in [-0.25, -0.2) is 0 Å². The SMILES string of the molecule is COc1ccc([C@@H]2[C@@H](C(=O)Nc3ccc(Oc4ccccc4)cc3)c3ccccc3C(=O)N2C2CCCCC2)cc1. The standard InChI is InChI=1S/C35H34N2O4/c1-40-27-20-16-24(17-21-27)33-32(30-14-8-9-15-31(30)35(39)37(33)26-10-4-2-5-11-26)34(38)36-25-18-22-29(23-19-25)41-28-12-6-3-7-13-28/h3,6-9,12-23,26,32-33H,2,4-5,10-11H2,1H3,(H,36,38)/t32-,33+/m0/s1. The molecule has 2 aliphatic rings. The average Bonchev–Trinajstić information content (AvgIpc) is 3.03. The van der Waals surface area contributed by atoms with E-state index in [0.717, 1.165) is 48.3 Å².